The Morgan fingerprint density at radius 2 is 1.86 bits per heavy atom. The van der Waals surface area contributed by atoms with Crippen LogP contribution in [0.2, 0.25) is 0 Å². The molecule has 0 spiro atoms. The fourth-order valence-corrected chi connectivity index (χ4v) is 3.45. The lowest BCUT2D eigenvalue weighted by Crippen LogP contribution is -2.46. The van der Waals surface area contributed by atoms with Gasteiger partial charge in [-0.1, -0.05) is 58.4 Å². The van der Waals surface area contributed by atoms with Gasteiger partial charge >= 0.3 is 0 Å². The summed E-state index contributed by atoms with van der Waals surface area (Å²) < 4.78 is 1.16. The van der Waals surface area contributed by atoms with Crippen molar-refractivity contribution in [3.63, 3.8) is 0 Å². The normalized spacial score (nSPS) is 20.6. The van der Waals surface area contributed by atoms with Crippen LogP contribution in [0.1, 0.15) is 17.2 Å². The van der Waals surface area contributed by atoms with Crippen molar-refractivity contribution in [1.82, 2.24) is 9.80 Å². The van der Waals surface area contributed by atoms with Crippen LogP contribution in [0.4, 0.5) is 0 Å². The molecule has 21 heavy (non-hydrogen) atoms. The molecule has 3 heteroatoms. The number of halogens is 1. The van der Waals surface area contributed by atoms with E-state index in [1.54, 1.807) is 0 Å². The van der Waals surface area contributed by atoms with Crippen LogP contribution in [-0.2, 0) is 6.54 Å². The SMILES string of the molecule is CN1CCN(Cc2cccc(Br)c2)C(c2ccccc2)C1. The minimum Gasteiger partial charge on any atom is -0.303 e. The minimum atomic E-state index is 0.476. The van der Waals surface area contributed by atoms with Crippen LogP contribution in [0.15, 0.2) is 59.1 Å². The average molecular weight is 345 g/mol. The van der Waals surface area contributed by atoms with Gasteiger partial charge in [-0.05, 0) is 30.3 Å². The van der Waals surface area contributed by atoms with E-state index in [-0.39, 0.29) is 0 Å². The first-order valence-corrected chi connectivity index (χ1v) is 8.23. The number of likely N-dealkylation sites (N-methyl/N-ethyl adjacent to an activating group) is 1. The molecule has 3 rings (SSSR count). The van der Waals surface area contributed by atoms with Crippen LogP contribution >= 0.6 is 15.9 Å². The van der Waals surface area contributed by atoms with E-state index in [1.807, 2.05) is 0 Å². The highest BCUT2D eigenvalue weighted by molar-refractivity contribution is 9.10. The van der Waals surface area contributed by atoms with Gasteiger partial charge in [-0.25, -0.2) is 0 Å². The van der Waals surface area contributed by atoms with Crippen molar-refractivity contribution in [3.8, 4) is 0 Å². The van der Waals surface area contributed by atoms with Crippen LogP contribution in [0.25, 0.3) is 0 Å². The molecule has 1 saturated heterocycles. The van der Waals surface area contributed by atoms with Crippen molar-refractivity contribution in [3.05, 3.63) is 70.2 Å². The molecule has 1 aliphatic rings. The van der Waals surface area contributed by atoms with Gasteiger partial charge in [-0.3, -0.25) is 4.90 Å². The number of hydrogen-bond donors (Lipinski definition) is 0. The van der Waals surface area contributed by atoms with Crippen LogP contribution < -0.4 is 0 Å². The quantitative estimate of drug-likeness (QED) is 0.832. The van der Waals surface area contributed by atoms with Gasteiger partial charge in [0.2, 0.25) is 0 Å². The molecule has 2 aromatic carbocycles. The maximum atomic E-state index is 3.57. The van der Waals surface area contributed by atoms with Crippen molar-refractivity contribution in [1.29, 1.82) is 0 Å². The van der Waals surface area contributed by atoms with Gasteiger partial charge in [0.15, 0.2) is 0 Å². The van der Waals surface area contributed by atoms with E-state index in [2.05, 4.69) is 87.4 Å². The second-order valence-electron chi connectivity index (χ2n) is 5.79. The molecule has 0 bridgehead atoms. The van der Waals surface area contributed by atoms with Crippen molar-refractivity contribution >= 4 is 15.9 Å². The third-order valence-electron chi connectivity index (χ3n) is 4.15. The largest absolute Gasteiger partial charge is 0.303 e. The zero-order chi connectivity index (χ0) is 14.7. The molecule has 2 aromatic rings. The molecule has 0 amide bonds. The van der Waals surface area contributed by atoms with E-state index < -0.39 is 0 Å². The molecule has 0 aromatic heterocycles. The molecule has 1 unspecified atom stereocenters. The van der Waals surface area contributed by atoms with Crippen molar-refractivity contribution in [2.24, 2.45) is 0 Å². The Labute approximate surface area is 135 Å². The maximum absolute atomic E-state index is 3.57. The predicted molar refractivity (Wildman–Crippen MR) is 91.2 cm³/mol. The summed E-state index contributed by atoms with van der Waals surface area (Å²) in [6.45, 7) is 4.35. The van der Waals surface area contributed by atoms with Gasteiger partial charge < -0.3 is 4.90 Å². The van der Waals surface area contributed by atoms with Gasteiger partial charge in [-0.2, -0.15) is 0 Å². The summed E-state index contributed by atoms with van der Waals surface area (Å²) >= 11 is 3.57. The molecule has 2 nitrogen and oxygen atoms in total. The molecular weight excluding hydrogens is 324 g/mol. The molecule has 1 aliphatic heterocycles. The van der Waals surface area contributed by atoms with Gasteiger partial charge in [0.25, 0.3) is 0 Å². The Balaban J connectivity index is 1.81. The highest BCUT2D eigenvalue weighted by atomic mass is 79.9. The van der Waals surface area contributed by atoms with Gasteiger partial charge in [0.05, 0.1) is 0 Å². The van der Waals surface area contributed by atoms with Crippen LogP contribution in [0.3, 0.4) is 0 Å². The molecule has 0 N–H and O–H groups in total. The molecule has 0 aliphatic carbocycles. The number of nitrogens with zero attached hydrogens (tertiary/aromatic N) is 2. The predicted octanol–water partition coefficient (Wildman–Crippen LogP) is 3.94. The van der Waals surface area contributed by atoms with Crippen molar-refractivity contribution in [2.75, 3.05) is 26.7 Å². The zero-order valence-electron chi connectivity index (χ0n) is 12.4. The Morgan fingerprint density at radius 1 is 1.05 bits per heavy atom. The summed E-state index contributed by atoms with van der Waals surface area (Å²) in [5.41, 5.74) is 2.79. The fourth-order valence-electron chi connectivity index (χ4n) is 3.01. The van der Waals surface area contributed by atoms with Crippen LogP contribution in [0.5, 0.6) is 0 Å². The molecule has 0 radical (unpaired) electrons. The third kappa shape index (κ3) is 3.73. The van der Waals surface area contributed by atoms with E-state index in [9.17, 15) is 0 Å². The van der Waals surface area contributed by atoms with Gasteiger partial charge in [0, 0.05) is 36.7 Å². The summed E-state index contributed by atoms with van der Waals surface area (Å²) in [7, 11) is 2.21. The smallest absolute Gasteiger partial charge is 0.0479 e. The standard InChI is InChI=1S/C18H21BrN2/c1-20-10-11-21(13-15-6-5-9-17(19)12-15)18(14-20)16-7-3-2-4-8-16/h2-9,12,18H,10-11,13-14H2,1H3. The topological polar surface area (TPSA) is 6.48 Å². The monoisotopic (exact) mass is 344 g/mol. The Kier molecular flexibility index (Phi) is 4.73. The molecule has 110 valence electrons. The lowest BCUT2D eigenvalue weighted by molar-refractivity contribution is 0.0833. The number of benzene rings is 2. The third-order valence-corrected chi connectivity index (χ3v) is 4.65. The summed E-state index contributed by atoms with van der Waals surface area (Å²) in [5.74, 6) is 0. The zero-order valence-corrected chi connectivity index (χ0v) is 14.0. The first-order chi connectivity index (χ1) is 10.2. The summed E-state index contributed by atoms with van der Waals surface area (Å²) in [5, 5.41) is 0. The lowest BCUT2D eigenvalue weighted by atomic mass is 10.0. The van der Waals surface area contributed by atoms with Crippen LogP contribution in [-0.4, -0.2) is 36.5 Å². The Hall–Kier alpha value is -1.16. The Morgan fingerprint density at radius 3 is 2.62 bits per heavy atom. The molecular formula is C18H21BrN2. The van der Waals surface area contributed by atoms with Gasteiger partial charge in [-0.15, -0.1) is 0 Å². The second-order valence-corrected chi connectivity index (χ2v) is 6.70. The van der Waals surface area contributed by atoms with E-state index in [0.29, 0.717) is 6.04 Å². The first kappa shape index (κ1) is 14.8. The summed E-state index contributed by atoms with van der Waals surface area (Å²) in [6, 6.07) is 20.0. The summed E-state index contributed by atoms with van der Waals surface area (Å²) in [4.78, 5) is 5.02. The Bertz CT molecular complexity index is 585. The van der Waals surface area contributed by atoms with E-state index in [4.69, 9.17) is 0 Å². The second kappa shape index (κ2) is 6.73. The number of rotatable bonds is 3. The fraction of sp³-hybridized carbons (Fsp3) is 0.333. The van der Waals surface area contributed by atoms with E-state index in [0.717, 1.165) is 30.7 Å². The van der Waals surface area contributed by atoms with E-state index >= 15 is 0 Å². The van der Waals surface area contributed by atoms with Gasteiger partial charge in [0.1, 0.15) is 0 Å². The average Bonchev–Trinajstić information content (AvgIpc) is 2.50. The minimum absolute atomic E-state index is 0.476. The van der Waals surface area contributed by atoms with E-state index in [1.165, 1.54) is 11.1 Å². The highest BCUT2D eigenvalue weighted by Gasteiger charge is 2.26. The molecule has 1 fully saturated rings. The highest BCUT2D eigenvalue weighted by Crippen LogP contribution is 2.27. The number of hydrogen-bond acceptors (Lipinski definition) is 2. The maximum Gasteiger partial charge on any atom is 0.0479 e. The van der Waals surface area contributed by atoms with Crippen molar-refractivity contribution < 1.29 is 0 Å². The lowest BCUT2D eigenvalue weighted by Gasteiger charge is -2.40. The van der Waals surface area contributed by atoms with Crippen LogP contribution in [0, 0.1) is 0 Å². The molecule has 1 heterocycles. The number of piperazine rings is 1. The molecule has 1 atom stereocenters. The summed E-state index contributed by atoms with van der Waals surface area (Å²) in [6.07, 6.45) is 0. The first-order valence-electron chi connectivity index (χ1n) is 7.44. The van der Waals surface area contributed by atoms with Crippen molar-refractivity contribution in [2.45, 2.75) is 12.6 Å². The molecule has 0 saturated carbocycles.